The predicted molar refractivity (Wildman–Crippen MR) is 68.1 cm³/mol. The van der Waals surface area contributed by atoms with E-state index >= 15 is 0 Å². The third-order valence-corrected chi connectivity index (χ3v) is 3.49. The monoisotopic (exact) mass is 233 g/mol. The Bertz CT molecular complexity index is 442. The van der Waals surface area contributed by atoms with Crippen molar-refractivity contribution in [3.63, 3.8) is 0 Å². The molecular weight excluding hydrogens is 214 g/mol. The van der Waals surface area contributed by atoms with Crippen LogP contribution in [0.5, 0.6) is 5.75 Å². The van der Waals surface area contributed by atoms with Crippen molar-refractivity contribution in [2.75, 3.05) is 11.4 Å². The molecule has 17 heavy (non-hydrogen) atoms. The molecular formula is C14H19NO2. The zero-order chi connectivity index (χ0) is 12.6. The molecule has 0 spiro atoms. The molecule has 0 heterocycles. The van der Waals surface area contributed by atoms with Gasteiger partial charge in [-0.1, -0.05) is 13.0 Å². The summed E-state index contributed by atoms with van der Waals surface area (Å²) in [4.78, 5) is 14.0. The number of carbonyl (C=O) groups is 1. The summed E-state index contributed by atoms with van der Waals surface area (Å²) in [6.07, 6.45) is 0.993. The highest BCUT2D eigenvalue weighted by atomic mass is 16.3. The summed E-state index contributed by atoms with van der Waals surface area (Å²) in [6, 6.07) is 5.16. The molecule has 3 heteroatoms. The first kappa shape index (κ1) is 12.0. The molecule has 1 amide bonds. The Morgan fingerprint density at radius 3 is 2.71 bits per heavy atom. The Labute approximate surface area is 102 Å². The van der Waals surface area contributed by atoms with Crippen molar-refractivity contribution in [2.24, 2.45) is 11.8 Å². The zero-order valence-corrected chi connectivity index (χ0v) is 10.6. The largest absolute Gasteiger partial charge is 0.508 e. The minimum Gasteiger partial charge on any atom is -0.508 e. The van der Waals surface area contributed by atoms with E-state index in [1.807, 2.05) is 19.9 Å². The SMILES string of the molecule is CCN(C(=O)C1CC1C)c1cc(O)ccc1C. The van der Waals surface area contributed by atoms with Crippen LogP contribution in [0.1, 0.15) is 25.8 Å². The van der Waals surface area contributed by atoms with E-state index in [1.54, 1.807) is 17.0 Å². The summed E-state index contributed by atoms with van der Waals surface area (Å²) < 4.78 is 0. The lowest BCUT2D eigenvalue weighted by Crippen LogP contribution is -2.32. The molecule has 92 valence electrons. The van der Waals surface area contributed by atoms with Gasteiger partial charge in [0, 0.05) is 18.5 Å². The first-order valence-electron chi connectivity index (χ1n) is 6.15. The van der Waals surface area contributed by atoms with Crippen LogP contribution in [0.25, 0.3) is 0 Å². The van der Waals surface area contributed by atoms with E-state index in [2.05, 4.69) is 6.92 Å². The number of carbonyl (C=O) groups excluding carboxylic acids is 1. The van der Waals surface area contributed by atoms with Crippen molar-refractivity contribution in [2.45, 2.75) is 27.2 Å². The highest BCUT2D eigenvalue weighted by molar-refractivity contribution is 5.97. The lowest BCUT2D eigenvalue weighted by Gasteiger charge is -2.23. The second-order valence-corrected chi connectivity index (χ2v) is 4.87. The average Bonchev–Trinajstić information content (AvgIpc) is 3.01. The smallest absolute Gasteiger partial charge is 0.230 e. The van der Waals surface area contributed by atoms with Crippen LogP contribution in [0.15, 0.2) is 18.2 Å². The van der Waals surface area contributed by atoms with E-state index in [4.69, 9.17) is 0 Å². The normalized spacial score (nSPS) is 22.3. The molecule has 0 saturated heterocycles. The van der Waals surface area contributed by atoms with Crippen molar-refractivity contribution in [1.29, 1.82) is 0 Å². The van der Waals surface area contributed by atoms with Crippen molar-refractivity contribution in [3.8, 4) is 5.75 Å². The number of phenolic OH excluding ortho intramolecular Hbond substituents is 1. The lowest BCUT2D eigenvalue weighted by molar-refractivity contribution is -0.120. The molecule has 1 N–H and O–H groups in total. The predicted octanol–water partition coefficient (Wildman–Crippen LogP) is 2.71. The second kappa shape index (κ2) is 4.40. The van der Waals surface area contributed by atoms with E-state index < -0.39 is 0 Å². The number of anilines is 1. The zero-order valence-electron chi connectivity index (χ0n) is 10.6. The van der Waals surface area contributed by atoms with Crippen LogP contribution in [-0.4, -0.2) is 17.6 Å². The summed E-state index contributed by atoms with van der Waals surface area (Å²) in [5, 5.41) is 9.53. The van der Waals surface area contributed by atoms with Crippen molar-refractivity contribution in [3.05, 3.63) is 23.8 Å². The maximum absolute atomic E-state index is 12.3. The van der Waals surface area contributed by atoms with Gasteiger partial charge in [0.05, 0.1) is 5.69 Å². The molecule has 1 aromatic carbocycles. The van der Waals surface area contributed by atoms with Crippen LogP contribution in [0.2, 0.25) is 0 Å². The van der Waals surface area contributed by atoms with Crippen molar-refractivity contribution in [1.82, 2.24) is 0 Å². The number of aromatic hydroxyl groups is 1. The summed E-state index contributed by atoms with van der Waals surface area (Å²) in [6.45, 7) is 6.67. The van der Waals surface area contributed by atoms with E-state index in [9.17, 15) is 9.90 Å². The van der Waals surface area contributed by atoms with Gasteiger partial charge in [-0.05, 0) is 37.8 Å². The molecule has 1 saturated carbocycles. The van der Waals surface area contributed by atoms with Gasteiger partial charge in [0.25, 0.3) is 0 Å². The molecule has 1 aromatic rings. The number of aryl methyl sites for hydroxylation is 1. The lowest BCUT2D eigenvalue weighted by atomic mass is 10.1. The number of rotatable bonds is 3. The van der Waals surface area contributed by atoms with Crippen LogP contribution in [0.3, 0.4) is 0 Å². The fourth-order valence-electron chi connectivity index (χ4n) is 2.20. The number of amides is 1. The summed E-state index contributed by atoms with van der Waals surface area (Å²) in [7, 11) is 0. The third kappa shape index (κ3) is 2.28. The minimum atomic E-state index is 0.177. The van der Waals surface area contributed by atoms with Gasteiger partial charge in [-0.3, -0.25) is 4.79 Å². The number of hydrogen-bond donors (Lipinski definition) is 1. The molecule has 1 aliphatic carbocycles. The van der Waals surface area contributed by atoms with Crippen LogP contribution in [-0.2, 0) is 4.79 Å². The molecule has 0 bridgehead atoms. The Balaban J connectivity index is 2.28. The molecule has 1 aliphatic rings. The van der Waals surface area contributed by atoms with Crippen LogP contribution in [0, 0.1) is 18.8 Å². The van der Waals surface area contributed by atoms with E-state index in [1.165, 1.54) is 0 Å². The van der Waals surface area contributed by atoms with Crippen molar-refractivity contribution >= 4 is 11.6 Å². The van der Waals surface area contributed by atoms with Crippen LogP contribution < -0.4 is 4.90 Å². The maximum atomic E-state index is 12.3. The summed E-state index contributed by atoms with van der Waals surface area (Å²) in [5.41, 5.74) is 1.85. The molecule has 0 radical (unpaired) electrons. The van der Waals surface area contributed by atoms with Crippen molar-refractivity contribution < 1.29 is 9.90 Å². The van der Waals surface area contributed by atoms with E-state index in [0.29, 0.717) is 12.5 Å². The molecule has 2 unspecified atom stereocenters. The van der Waals surface area contributed by atoms with Gasteiger partial charge in [-0.2, -0.15) is 0 Å². The summed E-state index contributed by atoms with van der Waals surface area (Å²) in [5.74, 6) is 1.08. The quantitative estimate of drug-likeness (QED) is 0.872. The fraction of sp³-hybridized carbons (Fsp3) is 0.500. The van der Waals surface area contributed by atoms with Gasteiger partial charge in [0.15, 0.2) is 0 Å². The Morgan fingerprint density at radius 2 is 2.18 bits per heavy atom. The highest BCUT2D eigenvalue weighted by Gasteiger charge is 2.41. The number of phenols is 1. The maximum Gasteiger partial charge on any atom is 0.230 e. The number of benzene rings is 1. The number of nitrogens with zero attached hydrogens (tertiary/aromatic N) is 1. The first-order chi connectivity index (χ1) is 8.04. The van der Waals surface area contributed by atoms with Gasteiger partial charge in [-0.25, -0.2) is 0 Å². The topological polar surface area (TPSA) is 40.5 Å². The van der Waals surface area contributed by atoms with Gasteiger partial charge in [-0.15, -0.1) is 0 Å². The van der Waals surface area contributed by atoms with Crippen LogP contribution in [0.4, 0.5) is 5.69 Å². The van der Waals surface area contributed by atoms with Gasteiger partial charge < -0.3 is 10.0 Å². The third-order valence-electron chi connectivity index (χ3n) is 3.49. The molecule has 2 atom stereocenters. The molecule has 1 fully saturated rings. The average molecular weight is 233 g/mol. The molecule has 3 nitrogen and oxygen atoms in total. The fourth-order valence-corrected chi connectivity index (χ4v) is 2.20. The molecule has 0 aliphatic heterocycles. The Hall–Kier alpha value is -1.51. The summed E-state index contributed by atoms with van der Waals surface area (Å²) >= 11 is 0. The second-order valence-electron chi connectivity index (χ2n) is 4.87. The highest BCUT2D eigenvalue weighted by Crippen LogP contribution is 2.40. The Kier molecular flexibility index (Phi) is 3.09. The first-order valence-corrected chi connectivity index (χ1v) is 6.15. The van der Waals surface area contributed by atoms with Gasteiger partial charge in [0.2, 0.25) is 5.91 Å². The standard InChI is InChI=1S/C14H19NO2/c1-4-15(14(17)12-7-10(12)3)13-8-11(16)6-5-9(13)2/h5-6,8,10,12,16H,4,7H2,1-3H3. The van der Waals surface area contributed by atoms with E-state index in [-0.39, 0.29) is 17.6 Å². The Morgan fingerprint density at radius 1 is 1.53 bits per heavy atom. The van der Waals surface area contributed by atoms with E-state index in [0.717, 1.165) is 17.7 Å². The molecule has 2 rings (SSSR count). The van der Waals surface area contributed by atoms with Crippen LogP contribution >= 0.6 is 0 Å². The number of hydrogen-bond acceptors (Lipinski definition) is 2. The van der Waals surface area contributed by atoms with Gasteiger partial charge >= 0.3 is 0 Å². The van der Waals surface area contributed by atoms with Gasteiger partial charge in [0.1, 0.15) is 5.75 Å². The minimum absolute atomic E-state index is 0.177. The molecule has 0 aromatic heterocycles.